The van der Waals surface area contributed by atoms with E-state index in [1.165, 1.54) is 16.4 Å². The molecule has 1 atom stereocenters. The number of anilines is 1. The maximum atomic E-state index is 13.2. The Balaban J connectivity index is 1.39. The lowest BCUT2D eigenvalue weighted by atomic mass is 9.97. The predicted molar refractivity (Wildman–Crippen MR) is 120 cm³/mol. The van der Waals surface area contributed by atoms with E-state index >= 15 is 0 Å². The second-order valence-corrected chi connectivity index (χ2v) is 10.1. The van der Waals surface area contributed by atoms with Crippen LogP contribution in [0.3, 0.4) is 0 Å². The smallest absolute Gasteiger partial charge is 0.243 e. The Kier molecular flexibility index (Phi) is 6.66. The molecule has 0 aromatic heterocycles. The van der Waals surface area contributed by atoms with Crippen molar-refractivity contribution in [3.63, 3.8) is 0 Å². The van der Waals surface area contributed by atoms with Gasteiger partial charge in [0.25, 0.3) is 0 Å². The number of hydrogen-bond donors (Lipinski definition) is 0. The zero-order chi connectivity index (χ0) is 22.7. The van der Waals surface area contributed by atoms with E-state index in [1.54, 1.807) is 7.11 Å². The SMILES string of the molecule is COc1ccccc1N1CCN(C(=O)[C@@H]2CCCN(S(=O)(=O)c3ccc(F)cc3)C2)CC1. The van der Waals surface area contributed by atoms with E-state index in [0.29, 0.717) is 45.6 Å². The van der Waals surface area contributed by atoms with Gasteiger partial charge in [-0.15, -0.1) is 0 Å². The summed E-state index contributed by atoms with van der Waals surface area (Å²) in [7, 11) is -2.11. The fraction of sp³-hybridized carbons (Fsp3) is 0.435. The highest BCUT2D eigenvalue weighted by Gasteiger charge is 2.36. The van der Waals surface area contributed by atoms with Crippen LogP contribution in [0.1, 0.15) is 12.8 Å². The van der Waals surface area contributed by atoms with Crippen molar-refractivity contribution < 1.29 is 22.3 Å². The minimum Gasteiger partial charge on any atom is -0.495 e. The number of hydrogen-bond acceptors (Lipinski definition) is 5. The zero-order valence-corrected chi connectivity index (χ0v) is 18.9. The van der Waals surface area contributed by atoms with Crippen molar-refractivity contribution in [3.05, 3.63) is 54.3 Å². The van der Waals surface area contributed by atoms with Crippen LogP contribution in [0.2, 0.25) is 0 Å². The number of carbonyl (C=O) groups excluding carboxylic acids is 1. The van der Waals surface area contributed by atoms with Crippen LogP contribution in [0.25, 0.3) is 0 Å². The van der Waals surface area contributed by atoms with E-state index in [2.05, 4.69) is 4.90 Å². The average molecular weight is 462 g/mol. The average Bonchev–Trinajstić information content (AvgIpc) is 2.84. The molecule has 2 aromatic rings. The van der Waals surface area contributed by atoms with Gasteiger partial charge >= 0.3 is 0 Å². The lowest BCUT2D eigenvalue weighted by molar-refractivity contribution is -0.137. The standard InChI is InChI=1S/C23H28FN3O4S/c1-31-22-7-3-2-6-21(22)25-13-15-26(16-14-25)23(28)18-5-4-12-27(17-18)32(29,30)20-10-8-19(24)9-11-20/h2-3,6-11,18H,4-5,12-17H2,1H3/t18-/m1/s1. The summed E-state index contributed by atoms with van der Waals surface area (Å²) in [4.78, 5) is 17.3. The number of piperazine rings is 1. The molecule has 9 heteroatoms. The first-order valence-corrected chi connectivity index (χ1v) is 12.3. The van der Waals surface area contributed by atoms with Gasteiger partial charge in [-0.1, -0.05) is 12.1 Å². The van der Waals surface area contributed by atoms with Gasteiger partial charge in [-0.05, 0) is 49.2 Å². The molecule has 0 saturated carbocycles. The highest BCUT2D eigenvalue weighted by molar-refractivity contribution is 7.89. The molecule has 2 aliphatic rings. The number of methoxy groups -OCH3 is 1. The monoisotopic (exact) mass is 461 g/mol. The van der Waals surface area contributed by atoms with Crippen LogP contribution >= 0.6 is 0 Å². The molecule has 1 amide bonds. The molecule has 0 N–H and O–H groups in total. The molecule has 0 spiro atoms. The van der Waals surface area contributed by atoms with Crippen LogP contribution in [-0.4, -0.2) is 69.9 Å². The molecule has 2 saturated heterocycles. The van der Waals surface area contributed by atoms with Gasteiger partial charge in [-0.25, -0.2) is 12.8 Å². The molecule has 4 rings (SSSR count). The van der Waals surface area contributed by atoms with Gasteiger partial charge < -0.3 is 14.5 Å². The lowest BCUT2D eigenvalue weighted by Gasteiger charge is -2.39. The largest absolute Gasteiger partial charge is 0.495 e. The number of benzene rings is 2. The first kappa shape index (κ1) is 22.5. The summed E-state index contributed by atoms with van der Waals surface area (Å²) in [5, 5.41) is 0. The minimum absolute atomic E-state index is 0.00341. The number of rotatable bonds is 5. The van der Waals surface area contributed by atoms with Gasteiger partial charge in [0.05, 0.1) is 23.6 Å². The van der Waals surface area contributed by atoms with Crippen LogP contribution in [0.4, 0.5) is 10.1 Å². The van der Waals surface area contributed by atoms with E-state index in [0.717, 1.165) is 23.6 Å². The van der Waals surface area contributed by atoms with Gasteiger partial charge in [0.2, 0.25) is 15.9 Å². The van der Waals surface area contributed by atoms with Crippen molar-refractivity contribution in [1.82, 2.24) is 9.21 Å². The number of nitrogens with zero attached hydrogens (tertiary/aromatic N) is 3. The van der Waals surface area contributed by atoms with Crippen molar-refractivity contribution in [2.75, 3.05) is 51.3 Å². The van der Waals surface area contributed by atoms with Gasteiger partial charge in [0, 0.05) is 39.3 Å². The Labute approximate surface area is 188 Å². The Morgan fingerprint density at radius 3 is 2.38 bits per heavy atom. The summed E-state index contributed by atoms with van der Waals surface area (Å²) in [5.74, 6) is -0.0374. The summed E-state index contributed by atoms with van der Waals surface area (Å²) in [5.41, 5.74) is 1.01. The maximum absolute atomic E-state index is 13.2. The summed E-state index contributed by atoms with van der Waals surface area (Å²) >= 11 is 0. The maximum Gasteiger partial charge on any atom is 0.243 e. The predicted octanol–water partition coefficient (Wildman–Crippen LogP) is 2.58. The number of amides is 1. The van der Waals surface area contributed by atoms with Crippen molar-refractivity contribution in [2.45, 2.75) is 17.7 Å². The van der Waals surface area contributed by atoms with Gasteiger partial charge in [-0.2, -0.15) is 4.31 Å². The summed E-state index contributed by atoms with van der Waals surface area (Å²) < 4.78 is 45.9. The molecule has 0 aliphatic carbocycles. The highest BCUT2D eigenvalue weighted by atomic mass is 32.2. The van der Waals surface area contributed by atoms with E-state index < -0.39 is 15.8 Å². The molecule has 2 aliphatic heterocycles. The third-order valence-corrected chi connectivity index (χ3v) is 8.08. The van der Waals surface area contributed by atoms with Crippen molar-refractivity contribution >= 4 is 21.6 Å². The number of carbonyl (C=O) groups is 1. The summed E-state index contributed by atoms with van der Waals surface area (Å²) in [6, 6.07) is 12.6. The number of sulfonamides is 1. The van der Waals surface area contributed by atoms with E-state index in [1.807, 2.05) is 29.2 Å². The molecule has 2 aromatic carbocycles. The molecule has 2 fully saturated rings. The summed E-state index contributed by atoms with van der Waals surface area (Å²) in [6.07, 6.45) is 1.29. The number of ether oxygens (including phenoxy) is 1. The molecular weight excluding hydrogens is 433 g/mol. The van der Waals surface area contributed by atoms with E-state index in [9.17, 15) is 17.6 Å². The van der Waals surface area contributed by atoms with Crippen LogP contribution < -0.4 is 9.64 Å². The quantitative estimate of drug-likeness (QED) is 0.685. The number of halogens is 1. The van der Waals surface area contributed by atoms with Crippen molar-refractivity contribution in [1.29, 1.82) is 0 Å². The first-order chi connectivity index (χ1) is 15.4. The fourth-order valence-corrected chi connectivity index (χ4v) is 5.96. The Bertz CT molecular complexity index is 1050. The molecule has 0 bridgehead atoms. The minimum atomic E-state index is -3.75. The first-order valence-electron chi connectivity index (χ1n) is 10.8. The molecular formula is C23H28FN3O4S. The second-order valence-electron chi connectivity index (χ2n) is 8.14. The molecule has 0 radical (unpaired) electrons. The second kappa shape index (κ2) is 9.46. The van der Waals surface area contributed by atoms with Crippen LogP contribution in [0, 0.1) is 11.7 Å². The fourth-order valence-electron chi connectivity index (χ4n) is 4.43. The summed E-state index contributed by atoms with van der Waals surface area (Å²) in [6.45, 7) is 3.07. The van der Waals surface area contributed by atoms with Gasteiger partial charge in [0.15, 0.2) is 0 Å². The van der Waals surface area contributed by atoms with E-state index in [4.69, 9.17) is 4.74 Å². The Hall–Kier alpha value is -2.65. The van der Waals surface area contributed by atoms with Crippen molar-refractivity contribution in [3.8, 4) is 5.75 Å². The molecule has 7 nitrogen and oxygen atoms in total. The zero-order valence-electron chi connectivity index (χ0n) is 18.1. The van der Waals surface area contributed by atoms with Gasteiger partial charge in [0.1, 0.15) is 11.6 Å². The molecule has 0 unspecified atom stereocenters. The Morgan fingerprint density at radius 1 is 1.00 bits per heavy atom. The van der Waals surface area contributed by atoms with Crippen LogP contribution in [0.5, 0.6) is 5.75 Å². The lowest BCUT2D eigenvalue weighted by Crippen LogP contribution is -2.53. The number of piperidine rings is 1. The highest BCUT2D eigenvalue weighted by Crippen LogP contribution is 2.29. The molecule has 2 heterocycles. The topological polar surface area (TPSA) is 70.2 Å². The third kappa shape index (κ3) is 4.59. The van der Waals surface area contributed by atoms with Gasteiger partial charge in [-0.3, -0.25) is 4.79 Å². The Morgan fingerprint density at radius 2 is 1.69 bits per heavy atom. The molecule has 172 valence electrons. The molecule has 32 heavy (non-hydrogen) atoms. The van der Waals surface area contributed by atoms with Crippen LogP contribution in [0.15, 0.2) is 53.4 Å². The van der Waals surface area contributed by atoms with E-state index in [-0.39, 0.29) is 23.3 Å². The normalized spacial score (nSPS) is 20.2. The van der Waals surface area contributed by atoms with Crippen LogP contribution in [-0.2, 0) is 14.8 Å². The van der Waals surface area contributed by atoms with Crippen molar-refractivity contribution in [2.24, 2.45) is 5.92 Å². The number of para-hydroxylation sites is 2. The third-order valence-electron chi connectivity index (χ3n) is 6.20.